The molecule has 7 heteroatoms. The minimum atomic E-state index is -0.654. The van der Waals surface area contributed by atoms with Crippen molar-refractivity contribution in [1.82, 2.24) is 5.32 Å². The van der Waals surface area contributed by atoms with Gasteiger partial charge in [-0.1, -0.05) is 43.1 Å². The van der Waals surface area contributed by atoms with Crippen LogP contribution in [-0.4, -0.2) is 51.8 Å². The van der Waals surface area contributed by atoms with Gasteiger partial charge in [-0.2, -0.15) is 0 Å². The normalized spacial score (nSPS) is 30.2. The number of ether oxygens (including phenoxy) is 4. The number of alkyl carbamates (subject to hydrolysis) is 1. The Balaban J connectivity index is 1.84. The number of hydrogen-bond donors (Lipinski definition) is 1. The van der Waals surface area contributed by atoms with Gasteiger partial charge < -0.3 is 24.3 Å². The van der Waals surface area contributed by atoms with Gasteiger partial charge in [-0.05, 0) is 51.9 Å². The van der Waals surface area contributed by atoms with Gasteiger partial charge in [0.15, 0.2) is 0 Å². The van der Waals surface area contributed by atoms with Gasteiger partial charge in [-0.25, -0.2) is 4.79 Å². The van der Waals surface area contributed by atoms with E-state index in [1.165, 1.54) is 19.1 Å². The Morgan fingerprint density at radius 2 is 1.91 bits per heavy atom. The molecule has 7 nitrogen and oxygen atoms in total. The summed E-state index contributed by atoms with van der Waals surface area (Å²) in [6, 6.07) is 0.190. The van der Waals surface area contributed by atoms with Crippen LogP contribution in [-0.2, 0) is 23.7 Å². The highest BCUT2D eigenvalue weighted by Crippen LogP contribution is 2.52. The van der Waals surface area contributed by atoms with Crippen molar-refractivity contribution < 1.29 is 28.5 Å². The quantitative estimate of drug-likeness (QED) is 0.242. The minimum Gasteiger partial charge on any atom is -0.469 e. The zero-order valence-corrected chi connectivity index (χ0v) is 20.9. The maximum atomic E-state index is 12.9. The second-order valence-corrected chi connectivity index (χ2v) is 10.5. The van der Waals surface area contributed by atoms with Gasteiger partial charge in [0.25, 0.3) is 0 Å². The molecule has 1 fully saturated rings. The highest BCUT2D eigenvalue weighted by atomic mass is 16.7. The topological polar surface area (TPSA) is 83.1 Å². The lowest BCUT2D eigenvalue weighted by Gasteiger charge is -2.50. The molecule has 186 valence electrons. The van der Waals surface area contributed by atoms with Gasteiger partial charge in [0.1, 0.15) is 12.9 Å². The number of hydrogen-bond acceptors (Lipinski definition) is 6. The second-order valence-electron chi connectivity index (χ2n) is 10.5. The Bertz CT molecular complexity index is 754. The van der Waals surface area contributed by atoms with Crippen molar-refractivity contribution >= 4 is 12.1 Å². The molecule has 0 radical (unpaired) electrons. The van der Waals surface area contributed by atoms with Crippen molar-refractivity contribution in [3.8, 4) is 0 Å². The van der Waals surface area contributed by atoms with E-state index in [9.17, 15) is 9.59 Å². The zero-order chi connectivity index (χ0) is 24.1. The molecule has 3 aliphatic rings. The summed E-state index contributed by atoms with van der Waals surface area (Å²) in [6.07, 6.45) is 12.7. The van der Waals surface area contributed by atoms with Crippen molar-refractivity contribution in [2.75, 3.05) is 27.6 Å². The SMILES string of the molecule is COCOC[C@@]12C=C[C@@H](C(C)(C)C(=O)OC)C[C@@H]1C=C(C)C[C@@H]2OC(=O)NC1CCCCC1. The summed E-state index contributed by atoms with van der Waals surface area (Å²) >= 11 is 0. The van der Waals surface area contributed by atoms with Gasteiger partial charge in [-0.15, -0.1) is 0 Å². The van der Waals surface area contributed by atoms with Gasteiger partial charge in [0.05, 0.1) is 24.5 Å². The molecule has 33 heavy (non-hydrogen) atoms. The number of allylic oxidation sites excluding steroid dienone is 2. The second kappa shape index (κ2) is 11.0. The molecular formula is C26H41NO6. The Morgan fingerprint density at radius 3 is 2.58 bits per heavy atom. The minimum absolute atomic E-state index is 0.00404. The summed E-state index contributed by atoms with van der Waals surface area (Å²) in [5, 5.41) is 3.09. The van der Waals surface area contributed by atoms with Crippen LogP contribution in [0.5, 0.6) is 0 Å². The Labute approximate surface area is 198 Å². The van der Waals surface area contributed by atoms with E-state index in [1.54, 1.807) is 7.11 Å². The van der Waals surface area contributed by atoms with E-state index < -0.39 is 10.8 Å². The lowest BCUT2D eigenvalue weighted by atomic mass is 9.57. The van der Waals surface area contributed by atoms with Crippen LogP contribution >= 0.6 is 0 Å². The van der Waals surface area contributed by atoms with Gasteiger partial charge in [-0.3, -0.25) is 4.79 Å². The fraction of sp³-hybridized carbons (Fsp3) is 0.769. The van der Waals surface area contributed by atoms with Crippen molar-refractivity contribution in [2.24, 2.45) is 22.7 Å². The molecule has 0 aromatic carbocycles. The standard InChI is InChI=1S/C26H41NO6/c1-18-13-20-15-19(25(2,3)23(28)31-5)11-12-26(20,16-32-17-30-4)22(14-18)33-24(29)27-21-9-7-6-8-10-21/h11-13,19-22H,6-10,14-17H2,1-5H3,(H,27,29)/t19-,20+,22+,26+/m1/s1. The first-order chi connectivity index (χ1) is 15.7. The van der Waals surface area contributed by atoms with E-state index in [4.69, 9.17) is 18.9 Å². The molecule has 1 amide bonds. The molecule has 0 aliphatic heterocycles. The van der Waals surface area contributed by atoms with E-state index in [2.05, 4.69) is 30.5 Å². The Kier molecular flexibility index (Phi) is 8.62. The van der Waals surface area contributed by atoms with Crippen LogP contribution in [0.3, 0.4) is 0 Å². The summed E-state index contributed by atoms with van der Waals surface area (Å²) in [7, 11) is 3.02. The van der Waals surface area contributed by atoms with E-state index in [-0.39, 0.29) is 42.8 Å². The highest BCUT2D eigenvalue weighted by molar-refractivity contribution is 5.76. The molecule has 0 saturated heterocycles. The van der Waals surface area contributed by atoms with E-state index in [0.717, 1.165) is 32.1 Å². The zero-order valence-electron chi connectivity index (χ0n) is 20.9. The number of nitrogens with one attached hydrogen (secondary N) is 1. The number of carbonyl (C=O) groups is 2. The first-order valence-corrected chi connectivity index (χ1v) is 12.2. The summed E-state index contributed by atoms with van der Waals surface area (Å²) in [5.74, 6) is -0.157. The van der Waals surface area contributed by atoms with E-state index >= 15 is 0 Å². The summed E-state index contributed by atoms with van der Waals surface area (Å²) < 4.78 is 22.2. The Hall–Kier alpha value is -1.86. The van der Waals surface area contributed by atoms with Crippen molar-refractivity contribution in [1.29, 1.82) is 0 Å². The predicted molar refractivity (Wildman–Crippen MR) is 125 cm³/mol. The predicted octanol–water partition coefficient (Wildman–Crippen LogP) is 4.76. The van der Waals surface area contributed by atoms with Gasteiger partial charge in [0.2, 0.25) is 0 Å². The fourth-order valence-corrected chi connectivity index (χ4v) is 5.68. The molecule has 0 aromatic heterocycles. The van der Waals surface area contributed by atoms with Crippen LogP contribution in [0.15, 0.2) is 23.8 Å². The molecule has 0 unspecified atom stereocenters. The summed E-state index contributed by atoms with van der Waals surface area (Å²) in [5.41, 5.74) is 0.0198. The molecular weight excluding hydrogens is 422 g/mol. The largest absolute Gasteiger partial charge is 0.469 e. The molecule has 0 spiro atoms. The van der Waals surface area contributed by atoms with Crippen LogP contribution in [0, 0.1) is 22.7 Å². The summed E-state index contributed by atoms with van der Waals surface area (Å²) in [6.45, 7) is 6.47. The van der Waals surface area contributed by atoms with Gasteiger partial charge in [0, 0.05) is 19.6 Å². The lowest BCUT2D eigenvalue weighted by molar-refractivity contribution is -0.154. The molecule has 0 bridgehead atoms. The number of carbonyl (C=O) groups excluding carboxylic acids is 2. The average Bonchev–Trinajstić information content (AvgIpc) is 2.79. The van der Waals surface area contributed by atoms with Crippen molar-refractivity contribution in [3.05, 3.63) is 23.8 Å². The molecule has 3 rings (SSSR count). The van der Waals surface area contributed by atoms with Gasteiger partial charge >= 0.3 is 12.1 Å². The van der Waals surface area contributed by atoms with Crippen molar-refractivity contribution in [3.63, 3.8) is 0 Å². The van der Waals surface area contributed by atoms with Crippen LogP contribution < -0.4 is 5.32 Å². The number of methoxy groups -OCH3 is 2. The molecule has 3 aliphatic carbocycles. The van der Waals surface area contributed by atoms with Crippen LogP contribution in [0.4, 0.5) is 4.79 Å². The molecule has 4 atom stereocenters. The van der Waals surface area contributed by atoms with Crippen LogP contribution in [0.2, 0.25) is 0 Å². The number of esters is 1. The Morgan fingerprint density at radius 1 is 1.18 bits per heavy atom. The van der Waals surface area contributed by atoms with Crippen LogP contribution in [0.1, 0.15) is 65.7 Å². The maximum Gasteiger partial charge on any atom is 0.407 e. The number of fused-ring (bicyclic) bond motifs is 1. The van der Waals surface area contributed by atoms with E-state index in [0.29, 0.717) is 13.0 Å². The number of amides is 1. The molecule has 1 saturated carbocycles. The third kappa shape index (κ3) is 5.80. The molecule has 0 heterocycles. The average molecular weight is 464 g/mol. The first kappa shape index (κ1) is 25.8. The lowest BCUT2D eigenvalue weighted by Crippen LogP contribution is -2.53. The maximum absolute atomic E-state index is 12.9. The molecule has 1 N–H and O–H groups in total. The summed E-state index contributed by atoms with van der Waals surface area (Å²) in [4.78, 5) is 25.3. The first-order valence-electron chi connectivity index (χ1n) is 12.2. The van der Waals surface area contributed by atoms with E-state index in [1.807, 2.05) is 13.8 Å². The molecule has 0 aromatic rings. The smallest absolute Gasteiger partial charge is 0.407 e. The van der Waals surface area contributed by atoms with Crippen molar-refractivity contribution in [2.45, 2.75) is 77.9 Å². The third-order valence-electron chi connectivity index (χ3n) is 7.80. The van der Waals surface area contributed by atoms with Crippen LogP contribution in [0.25, 0.3) is 0 Å². The highest BCUT2D eigenvalue weighted by Gasteiger charge is 2.52. The monoisotopic (exact) mass is 463 g/mol. The number of rotatable bonds is 8. The fourth-order valence-electron chi connectivity index (χ4n) is 5.68. The third-order valence-corrected chi connectivity index (χ3v) is 7.80.